The van der Waals surface area contributed by atoms with Crippen LogP contribution in [0.5, 0.6) is 0 Å². The molecule has 1 aromatic rings. The molecule has 0 aromatic heterocycles. The average molecular weight is 295 g/mol. The van der Waals surface area contributed by atoms with Gasteiger partial charge in [0.15, 0.2) is 0 Å². The smallest absolute Gasteiger partial charge is 0.326 e. The highest BCUT2D eigenvalue weighted by Gasteiger charge is 2.34. The van der Waals surface area contributed by atoms with Crippen LogP contribution in [0.4, 0.5) is 4.79 Å². The standard InChI is InChI=1S/C14H15ClN2O3/c1-9(15)7-16-14(20)17-8-11-5-3-2-4-10(11)6-12(17)13(18)19/h2-5,12H,1,6-8H2,(H,16,20)(H,18,19)/t12-/m1/s1. The van der Waals surface area contributed by atoms with Gasteiger partial charge in [0.25, 0.3) is 0 Å². The Bertz CT molecular complexity index is 559. The lowest BCUT2D eigenvalue weighted by Crippen LogP contribution is -2.52. The molecule has 1 aliphatic rings. The fourth-order valence-corrected chi connectivity index (χ4v) is 2.30. The van der Waals surface area contributed by atoms with Gasteiger partial charge in [-0.1, -0.05) is 42.4 Å². The van der Waals surface area contributed by atoms with Crippen molar-refractivity contribution in [2.24, 2.45) is 0 Å². The number of carbonyl (C=O) groups excluding carboxylic acids is 1. The maximum Gasteiger partial charge on any atom is 0.326 e. The molecule has 0 radical (unpaired) electrons. The van der Waals surface area contributed by atoms with E-state index in [1.165, 1.54) is 4.90 Å². The molecular formula is C14H15ClN2O3. The number of halogens is 1. The Kier molecular flexibility index (Phi) is 4.29. The first kappa shape index (κ1) is 14.4. The molecule has 0 spiro atoms. The van der Waals surface area contributed by atoms with Gasteiger partial charge in [0.05, 0.1) is 6.54 Å². The topological polar surface area (TPSA) is 69.6 Å². The van der Waals surface area contributed by atoms with Crippen LogP contribution in [0, 0.1) is 0 Å². The van der Waals surface area contributed by atoms with Crippen molar-refractivity contribution in [3.8, 4) is 0 Å². The number of carboxylic acid groups (broad SMARTS) is 1. The van der Waals surface area contributed by atoms with Crippen molar-refractivity contribution < 1.29 is 14.7 Å². The first-order valence-corrected chi connectivity index (χ1v) is 6.54. The summed E-state index contributed by atoms with van der Waals surface area (Å²) in [6.45, 7) is 3.87. The van der Waals surface area contributed by atoms with Gasteiger partial charge >= 0.3 is 12.0 Å². The fourth-order valence-electron chi connectivity index (χ4n) is 2.23. The number of nitrogens with one attached hydrogen (secondary N) is 1. The van der Waals surface area contributed by atoms with E-state index in [1.807, 2.05) is 24.3 Å². The molecule has 2 N–H and O–H groups in total. The van der Waals surface area contributed by atoms with Gasteiger partial charge in [0.2, 0.25) is 0 Å². The summed E-state index contributed by atoms with van der Waals surface area (Å²) in [5.74, 6) is -1.01. The molecule has 1 heterocycles. The van der Waals surface area contributed by atoms with E-state index in [0.717, 1.165) is 11.1 Å². The molecule has 0 aliphatic carbocycles. The SMILES string of the molecule is C=C(Cl)CNC(=O)N1Cc2ccccc2C[C@@H]1C(=O)O. The quantitative estimate of drug-likeness (QED) is 0.895. The molecule has 1 atom stereocenters. The summed E-state index contributed by atoms with van der Waals surface area (Å²) < 4.78 is 0. The molecule has 0 fully saturated rings. The molecule has 0 saturated carbocycles. The van der Waals surface area contributed by atoms with Gasteiger partial charge in [-0.25, -0.2) is 9.59 Å². The average Bonchev–Trinajstić information content (AvgIpc) is 2.43. The maximum atomic E-state index is 12.1. The summed E-state index contributed by atoms with van der Waals surface area (Å²) in [6, 6.07) is 6.21. The van der Waals surface area contributed by atoms with Crippen LogP contribution in [-0.2, 0) is 17.8 Å². The lowest BCUT2D eigenvalue weighted by molar-refractivity contribution is -0.142. The predicted molar refractivity (Wildman–Crippen MR) is 75.5 cm³/mol. The Balaban J connectivity index is 2.20. The third kappa shape index (κ3) is 3.11. The monoisotopic (exact) mass is 294 g/mol. The van der Waals surface area contributed by atoms with E-state index in [-0.39, 0.29) is 13.1 Å². The van der Waals surface area contributed by atoms with Crippen molar-refractivity contribution in [3.05, 3.63) is 47.0 Å². The summed E-state index contributed by atoms with van der Waals surface area (Å²) in [5, 5.41) is 12.1. The second-order valence-electron chi connectivity index (χ2n) is 4.63. The molecule has 0 bridgehead atoms. The van der Waals surface area contributed by atoms with Crippen LogP contribution in [0.2, 0.25) is 0 Å². The first-order chi connectivity index (χ1) is 9.49. The molecule has 0 saturated heterocycles. The second kappa shape index (κ2) is 5.96. The minimum absolute atomic E-state index is 0.116. The van der Waals surface area contributed by atoms with E-state index in [4.69, 9.17) is 11.6 Å². The van der Waals surface area contributed by atoms with Gasteiger partial charge in [-0.2, -0.15) is 0 Å². The molecule has 2 rings (SSSR count). The molecule has 1 aromatic carbocycles. The summed E-state index contributed by atoms with van der Waals surface area (Å²) in [5.41, 5.74) is 1.93. The summed E-state index contributed by atoms with van der Waals surface area (Å²) in [6.07, 6.45) is 0.306. The number of aliphatic carboxylic acids is 1. The van der Waals surface area contributed by atoms with E-state index in [1.54, 1.807) is 0 Å². The Morgan fingerprint density at radius 1 is 1.40 bits per heavy atom. The number of fused-ring (bicyclic) bond motifs is 1. The number of rotatable bonds is 3. The van der Waals surface area contributed by atoms with Crippen molar-refractivity contribution in [1.29, 1.82) is 0 Å². The van der Waals surface area contributed by atoms with Crippen LogP contribution in [0.3, 0.4) is 0 Å². The Hall–Kier alpha value is -2.01. The fraction of sp³-hybridized carbons (Fsp3) is 0.286. The zero-order valence-corrected chi connectivity index (χ0v) is 11.6. The highest BCUT2D eigenvalue weighted by Crippen LogP contribution is 2.23. The third-order valence-electron chi connectivity index (χ3n) is 3.23. The Morgan fingerprint density at radius 3 is 2.65 bits per heavy atom. The molecule has 106 valence electrons. The van der Waals surface area contributed by atoms with Crippen molar-refractivity contribution >= 4 is 23.6 Å². The number of urea groups is 1. The molecule has 2 amide bonds. The number of hydrogen-bond donors (Lipinski definition) is 2. The number of hydrogen-bond acceptors (Lipinski definition) is 2. The summed E-state index contributed by atoms with van der Waals surface area (Å²) in [7, 11) is 0. The van der Waals surface area contributed by atoms with Gasteiger partial charge in [-0.15, -0.1) is 0 Å². The Morgan fingerprint density at radius 2 is 2.05 bits per heavy atom. The number of benzene rings is 1. The first-order valence-electron chi connectivity index (χ1n) is 6.16. The Labute approximate surface area is 121 Å². The van der Waals surface area contributed by atoms with E-state index in [0.29, 0.717) is 11.5 Å². The molecular weight excluding hydrogens is 280 g/mol. The van der Waals surface area contributed by atoms with E-state index < -0.39 is 18.0 Å². The van der Waals surface area contributed by atoms with Crippen LogP contribution in [0.1, 0.15) is 11.1 Å². The highest BCUT2D eigenvalue weighted by molar-refractivity contribution is 6.29. The molecule has 5 nitrogen and oxygen atoms in total. The second-order valence-corrected chi connectivity index (χ2v) is 5.17. The largest absolute Gasteiger partial charge is 0.480 e. The molecule has 6 heteroatoms. The van der Waals surface area contributed by atoms with Gasteiger partial charge in [-0.05, 0) is 11.1 Å². The van der Waals surface area contributed by atoms with Crippen LogP contribution in [0.25, 0.3) is 0 Å². The maximum absolute atomic E-state index is 12.1. The lowest BCUT2D eigenvalue weighted by Gasteiger charge is -2.34. The third-order valence-corrected chi connectivity index (χ3v) is 3.36. The van der Waals surface area contributed by atoms with Gasteiger partial charge in [0.1, 0.15) is 6.04 Å². The van der Waals surface area contributed by atoms with Gasteiger partial charge in [0, 0.05) is 18.0 Å². The minimum atomic E-state index is -1.01. The van der Waals surface area contributed by atoms with Crippen molar-refractivity contribution in [1.82, 2.24) is 10.2 Å². The normalized spacial score (nSPS) is 17.2. The predicted octanol–water partition coefficient (Wildman–Crippen LogP) is 1.96. The zero-order chi connectivity index (χ0) is 14.7. The molecule has 0 unspecified atom stereocenters. The number of nitrogens with zero attached hydrogens (tertiary/aromatic N) is 1. The van der Waals surface area contributed by atoms with Crippen molar-refractivity contribution in [2.45, 2.75) is 19.0 Å². The number of carboxylic acids is 1. The number of carbonyl (C=O) groups is 2. The highest BCUT2D eigenvalue weighted by atomic mass is 35.5. The van der Waals surface area contributed by atoms with Crippen LogP contribution >= 0.6 is 11.6 Å². The van der Waals surface area contributed by atoms with Crippen LogP contribution < -0.4 is 5.32 Å². The van der Waals surface area contributed by atoms with Crippen LogP contribution in [-0.4, -0.2) is 34.6 Å². The van der Waals surface area contributed by atoms with Crippen molar-refractivity contribution in [3.63, 3.8) is 0 Å². The zero-order valence-electron chi connectivity index (χ0n) is 10.8. The lowest BCUT2D eigenvalue weighted by atomic mass is 9.94. The van der Waals surface area contributed by atoms with E-state index in [2.05, 4.69) is 11.9 Å². The van der Waals surface area contributed by atoms with Crippen LogP contribution in [0.15, 0.2) is 35.9 Å². The van der Waals surface area contributed by atoms with Crippen molar-refractivity contribution in [2.75, 3.05) is 6.54 Å². The van der Waals surface area contributed by atoms with Gasteiger partial charge in [-0.3, -0.25) is 0 Å². The van der Waals surface area contributed by atoms with Gasteiger partial charge < -0.3 is 15.3 Å². The number of amides is 2. The summed E-state index contributed by atoms with van der Waals surface area (Å²) in [4.78, 5) is 24.7. The molecule has 20 heavy (non-hydrogen) atoms. The van der Waals surface area contributed by atoms with E-state index >= 15 is 0 Å². The summed E-state index contributed by atoms with van der Waals surface area (Å²) >= 11 is 5.60. The van der Waals surface area contributed by atoms with E-state index in [9.17, 15) is 14.7 Å². The minimum Gasteiger partial charge on any atom is -0.480 e. The molecule has 1 aliphatic heterocycles.